The van der Waals surface area contributed by atoms with Crippen molar-refractivity contribution in [1.82, 2.24) is 9.97 Å². The predicted molar refractivity (Wildman–Crippen MR) is 55.8 cm³/mol. The van der Waals surface area contributed by atoms with Crippen LogP contribution in [0.4, 0.5) is 5.82 Å². The third kappa shape index (κ3) is 2.90. The Morgan fingerprint density at radius 2 is 2.07 bits per heavy atom. The van der Waals surface area contributed by atoms with E-state index in [-0.39, 0.29) is 5.82 Å². The average molecular weight is 262 g/mol. The van der Waals surface area contributed by atoms with Crippen LogP contribution in [0.2, 0.25) is 0 Å². The van der Waals surface area contributed by atoms with Crippen molar-refractivity contribution in [3.8, 4) is 0 Å². The lowest BCUT2D eigenvalue weighted by Gasteiger charge is -2.15. The Labute approximate surface area is 90.1 Å². The monoisotopic (exact) mass is 261 g/mol. The molecule has 1 heterocycles. The number of nitrogens with zero attached hydrogens (tertiary/aromatic N) is 2. The maximum Gasteiger partial charge on any atom is 0.141 e. The molecule has 2 unspecified atom stereocenters. The third-order valence-electron chi connectivity index (χ3n) is 1.76. The molecule has 0 aromatic carbocycles. The van der Waals surface area contributed by atoms with E-state index in [2.05, 4.69) is 25.9 Å². The molecule has 0 aliphatic heterocycles. The Hall–Kier alpha value is -0.720. The van der Waals surface area contributed by atoms with E-state index in [4.69, 9.17) is 5.73 Å². The number of halogens is 1. The van der Waals surface area contributed by atoms with Gasteiger partial charge in [0.1, 0.15) is 11.9 Å². The maximum atomic E-state index is 9.60. The Balaban J connectivity index is 2.68. The number of nitrogens with two attached hydrogens (primary N) is 1. The van der Waals surface area contributed by atoms with Gasteiger partial charge in [0.15, 0.2) is 0 Å². The van der Waals surface area contributed by atoms with Gasteiger partial charge in [0.05, 0.1) is 24.2 Å². The average Bonchev–Trinajstić information content (AvgIpc) is 2.18. The van der Waals surface area contributed by atoms with Crippen molar-refractivity contribution in [2.45, 2.75) is 18.6 Å². The number of alkyl halides is 1. The number of aliphatic hydroxyl groups is 2. The molecule has 0 bridgehead atoms. The molecule has 0 fully saturated rings. The van der Waals surface area contributed by atoms with E-state index in [1.165, 1.54) is 12.4 Å². The van der Waals surface area contributed by atoms with Gasteiger partial charge in [-0.05, 0) is 6.42 Å². The summed E-state index contributed by atoms with van der Waals surface area (Å²) in [6.45, 7) is 0. The molecule has 1 rings (SSSR count). The first kappa shape index (κ1) is 11.4. The summed E-state index contributed by atoms with van der Waals surface area (Å²) in [5.41, 5.74) is 5.66. The second kappa shape index (κ2) is 5.23. The second-order valence-corrected chi connectivity index (χ2v) is 3.65. The molecule has 5 nitrogen and oxygen atoms in total. The van der Waals surface area contributed by atoms with E-state index in [9.17, 15) is 10.2 Å². The van der Waals surface area contributed by atoms with E-state index in [0.717, 1.165) is 0 Å². The fourth-order valence-electron chi connectivity index (χ4n) is 0.968. The zero-order valence-electron chi connectivity index (χ0n) is 7.47. The highest BCUT2D eigenvalue weighted by molar-refractivity contribution is 9.09. The van der Waals surface area contributed by atoms with E-state index in [1.807, 2.05) is 0 Å². The van der Waals surface area contributed by atoms with E-state index >= 15 is 0 Å². The molecule has 0 aliphatic rings. The lowest BCUT2D eigenvalue weighted by molar-refractivity contribution is 0.0146. The van der Waals surface area contributed by atoms with Crippen LogP contribution in [0.25, 0.3) is 0 Å². The van der Waals surface area contributed by atoms with Gasteiger partial charge in [-0.1, -0.05) is 15.9 Å². The van der Waals surface area contributed by atoms with Crippen molar-refractivity contribution in [2.75, 3.05) is 11.1 Å². The molecule has 0 amide bonds. The third-order valence-corrected chi connectivity index (χ3v) is 2.22. The minimum atomic E-state index is -1.01. The summed E-state index contributed by atoms with van der Waals surface area (Å²) in [7, 11) is 0. The van der Waals surface area contributed by atoms with Crippen LogP contribution in [0.5, 0.6) is 0 Å². The van der Waals surface area contributed by atoms with Gasteiger partial charge in [0, 0.05) is 5.33 Å². The normalized spacial score (nSPS) is 15.1. The van der Waals surface area contributed by atoms with Gasteiger partial charge >= 0.3 is 0 Å². The van der Waals surface area contributed by atoms with Gasteiger partial charge in [0.2, 0.25) is 0 Å². The number of aliphatic hydroxyl groups excluding tert-OH is 2. The first-order valence-corrected chi connectivity index (χ1v) is 5.27. The van der Waals surface area contributed by atoms with Gasteiger partial charge < -0.3 is 15.9 Å². The zero-order chi connectivity index (χ0) is 10.6. The van der Waals surface area contributed by atoms with Gasteiger partial charge in [-0.2, -0.15) is 0 Å². The molecule has 2 atom stereocenters. The Kier molecular flexibility index (Phi) is 4.24. The van der Waals surface area contributed by atoms with Crippen LogP contribution >= 0.6 is 15.9 Å². The predicted octanol–water partition coefficient (Wildman–Crippen LogP) is 0.238. The van der Waals surface area contributed by atoms with Crippen LogP contribution in [0.3, 0.4) is 0 Å². The van der Waals surface area contributed by atoms with Crippen LogP contribution in [-0.4, -0.2) is 31.6 Å². The summed E-state index contributed by atoms with van der Waals surface area (Å²) >= 11 is 3.18. The number of nitrogen functional groups attached to an aromatic ring is 1. The van der Waals surface area contributed by atoms with Crippen LogP contribution in [-0.2, 0) is 0 Å². The van der Waals surface area contributed by atoms with Crippen molar-refractivity contribution in [3.05, 3.63) is 18.1 Å². The lowest BCUT2D eigenvalue weighted by atomic mass is 10.1. The lowest BCUT2D eigenvalue weighted by Crippen LogP contribution is -2.19. The van der Waals surface area contributed by atoms with Gasteiger partial charge in [-0.3, -0.25) is 4.98 Å². The highest BCUT2D eigenvalue weighted by Gasteiger charge is 2.18. The van der Waals surface area contributed by atoms with Crippen LogP contribution in [0.15, 0.2) is 12.4 Å². The van der Waals surface area contributed by atoms with Crippen molar-refractivity contribution in [2.24, 2.45) is 0 Å². The number of rotatable bonds is 4. The quantitative estimate of drug-likeness (QED) is 0.676. The smallest absolute Gasteiger partial charge is 0.141 e. The molecule has 6 heteroatoms. The molecular formula is C8H12BrN3O2. The van der Waals surface area contributed by atoms with Crippen molar-refractivity contribution in [1.29, 1.82) is 0 Å². The number of hydrogen-bond donors (Lipinski definition) is 3. The fraction of sp³-hybridized carbons (Fsp3) is 0.500. The Bertz CT molecular complexity index is 280. The molecular weight excluding hydrogens is 250 g/mol. The van der Waals surface area contributed by atoms with Crippen LogP contribution in [0.1, 0.15) is 18.2 Å². The van der Waals surface area contributed by atoms with E-state index < -0.39 is 12.2 Å². The van der Waals surface area contributed by atoms with E-state index in [1.54, 1.807) is 0 Å². The summed E-state index contributed by atoms with van der Waals surface area (Å²) in [5.74, 6) is 0.288. The van der Waals surface area contributed by atoms with E-state index in [0.29, 0.717) is 17.4 Å². The summed E-state index contributed by atoms with van der Waals surface area (Å²) in [6, 6.07) is 0. The molecule has 0 saturated heterocycles. The SMILES string of the molecule is Nc1cnc(C(O)C(O)CCBr)cn1. The van der Waals surface area contributed by atoms with Gasteiger partial charge in [-0.15, -0.1) is 0 Å². The first-order valence-electron chi connectivity index (χ1n) is 4.14. The number of aromatic nitrogens is 2. The fourth-order valence-corrected chi connectivity index (χ4v) is 1.44. The number of anilines is 1. The van der Waals surface area contributed by atoms with Crippen molar-refractivity contribution in [3.63, 3.8) is 0 Å². The minimum Gasteiger partial charge on any atom is -0.390 e. The maximum absolute atomic E-state index is 9.60. The van der Waals surface area contributed by atoms with Crippen LogP contribution < -0.4 is 5.73 Å². The molecule has 0 spiro atoms. The Morgan fingerprint density at radius 1 is 1.36 bits per heavy atom. The molecule has 1 aromatic heterocycles. The minimum absolute atomic E-state index is 0.288. The van der Waals surface area contributed by atoms with Crippen molar-refractivity contribution >= 4 is 21.7 Å². The molecule has 4 N–H and O–H groups in total. The topological polar surface area (TPSA) is 92.3 Å². The molecule has 14 heavy (non-hydrogen) atoms. The van der Waals surface area contributed by atoms with Gasteiger partial charge in [0.25, 0.3) is 0 Å². The second-order valence-electron chi connectivity index (χ2n) is 2.86. The van der Waals surface area contributed by atoms with Gasteiger partial charge in [-0.25, -0.2) is 4.98 Å². The molecule has 0 saturated carbocycles. The highest BCUT2D eigenvalue weighted by atomic mass is 79.9. The summed E-state index contributed by atoms with van der Waals surface area (Å²) in [5, 5.41) is 19.7. The standard InChI is InChI=1S/C8H12BrN3O2/c9-2-1-6(13)8(14)5-3-12-7(10)4-11-5/h3-4,6,8,13-14H,1-2H2,(H2,10,12). The number of hydrogen-bond acceptors (Lipinski definition) is 5. The largest absolute Gasteiger partial charge is 0.390 e. The zero-order valence-corrected chi connectivity index (χ0v) is 9.05. The molecule has 0 aliphatic carbocycles. The molecule has 1 aromatic rings. The van der Waals surface area contributed by atoms with Crippen molar-refractivity contribution < 1.29 is 10.2 Å². The molecule has 78 valence electrons. The molecule has 0 radical (unpaired) electrons. The summed E-state index contributed by atoms with van der Waals surface area (Å²) in [6.07, 6.45) is 1.30. The highest BCUT2D eigenvalue weighted by Crippen LogP contribution is 2.16. The summed E-state index contributed by atoms with van der Waals surface area (Å²) in [4.78, 5) is 7.64. The first-order chi connectivity index (χ1) is 6.65. The van der Waals surface area contributed by atoms with Crippen LogP contribution in [0, 0.1) is 0 Å². The summed E-state index contributed by atoms with van der Waals surface area (Å²) < 4.78 is 0. The Morgan fingerprint density at radius 3 is 2.57 bits per heavy atom.